The van der Waals surface area contributed by atoms with Crippen molar-refractivity contribution < 1.29 is 18.5 Å². The molecule has 0 unspecified atom stereocenters. The Bertz CT molecular complexity index is 436. The number of carbonyl (C=O) groups is 1. The van der Waals surface area contributed by atoms with Crippen molar-refractivity contribution in [2.24, 2.45) is 0 Å². The van der Waals surface area contributed by atoms with Crippen LogP contribution in [0.4, 0.5) is 20.2 Å². The molecule has 1 aromatic carbocycles. The number of nitrogens with one attached hydrogen (secondary N) is 1. The molecule has 0 saturated carbocycles. The number of benzene rings is 1. The van der Waals surface area contributed by atoms with Crippen molar-refractivity contribution in [2.45, 2.75) is 20.8 Å². The Morgan fingerprint density at radius 2 is 1.82 bits per heavy atom. The van der Waals surface area contributed by atoms with Crippen LogP contribution in [0.3, 0.4) is 0 Å². The first kappa shape index (κ1) is 14.9. The van der Waals surface area contributed by atoms with Crippen LogP contribution < -0.4 is 5.32 Å². The Morgan fingerprint density at radius 3 is 2.24 bits per heavy atom. The minimum atomic E-state index is -1.20. The lowest BCUT2D eigenvalue weighted by molar-refractivity contribution is -0.387. The number of rotatable bonds is 2. The first-order valence-corrected chi connectivity index (χ1v) is 4.83. The summed E-state index contributed by atoms with van der Waals surface area (Å²) >= 11 is 0. The van der Waals surface area contributed by atoms with E-state index in [2.05, 4.69) is 0 Å². The van der Waals surface area contributed by atoms with Crippen molar-refractivity contribution in [3.63, 3.8) is 0 Å². The Hall–Kier alpha value is -2.05. The molecule has 0 saturated heterocycles. The molecule has 0 heterocycles. The first-order chi connectivity index (χ1) is 7.91. The summed E-state index contributed by atoms with van der Waals surface area (Å²) in [7, 11) is 0. The number of hydrogen-bond donors (Lipinski definition) is 1. The Labute approximate surface area is 96.6 Å². The average Bonchev–Trinajstić information content (AvgIpc) is 2.24. The van der Waals surface area contributed by atoms with E-state index in [1.54, 1.807) is 0 Å². The highest BCUT2D eigenvalue weighted by Crippen LogP contribution is 2.24. The summed E-state index contributed by atoms with van der Waals surface area (Å²) in [5.41, 5.74) is -1.40. The molecule has 1 rings (SSSR count). The van der Waals surface area contributed by atoms with Gasteiger partial charge in [0.15, 0.2) is 5.82 Å². The van der Waals surface area contributed by atoms with E-state index in [4.69, 9.17) is 0 Å². The van der Waals surface area contributed by atoms with Crippen molar-refractivity contribution in [3.05, 3.63) is 33.9 Å². The second-order valence-electron chi connectivity index (χ2n) is 2.72. The van der Waals surface area contributed by atoms with E-state index in [1.165, 1.54) is 0 Å². The number of carbonyl (C=O) groups excluding carboxylic acids is 1. The lowest BCUT2D eigenvalue weighted by atomic mass is 10.2. The molecule has 0 atom stereocenters. The fourth-order valence-corrected chi connectivity index (χ4v) is 0.962. The first-order valence-electron chi connectivity index (χ1n) is 4.83. The van der Waals surface area contributed by atoms with Gasteiger partial charge in [0.2, 0.25) is 11.7 Å². The smallest absolute Gasteiger partial charge is 0.307 e. The summed E-state index contributed by atoms with van der Waals surface area (Å²) in [5.74, 6) is -2.86. The van der Waals surface area contributed by atoms with Crippen molar-refractivity contribution >= 4 is 17.3 Å². The number of nitro benzene ring substituents is 1. The summed E-state index contributed by atoms with van der Waals surface area (Å²) in [6, 6.07) is 0.982. The standard InChI is InChI=1S/C8H6F2N2O3.C2H6/c1-4(13)11-7-2-6(10)8(12(14)15)3-5(7)9;1-2/h2-3H,1H3,(H,11,13);1-2H3. The highest BCUT2D eigenvalue weighted by molar-refractivity contribution is 5.88. The molecule has 0 spiro atoms. The number of anilines is 1. The summed E-state index contributed by atoms with van der Waals surface area (Å²) in [5, 5.41) is 12.2. The molecule has 5 nitrogen and oxygen atoms in total. The van der Waals surface area contributed by atoms with Gasteiger partial charge in [0, 0.05) is 13.0 Å². The monoisotopic (exact) mass is 246 g/mol. The zero-order chi connectivity index (χ0) is 13.6. The zero-order valence-electron chi connectivity index (χ0n) is 9.58. The van der Waals surface area contributed by atoms with Crippen molar-refractivity contribution in [2.75, 3.05) is 5.32 Å². The fraction of sp³-hybridized carbons (Fsp3) is 0.300. The minimum Gasteiger partial charge on any atom is -0.324 e. The summed E-state index contributed by atoms with van der Waals surface area (Å²) in [6.07, 6.45) is 0. The molecule has 7 heteroatoms. The molecular weight excluding hydrogens is 234 g/mol. The normalized spacial score (nSPS) is 9.00. The van der Waals surface area contributed by atoms with Gasteiger partial charge in [0.25, 0.3) is 0 Å². The molecule has 17 heavy (non-hydrogen) atoms. The molecule has 0 aliphatic heterocycles. The van der Waals surface area contributed by atoms with Gasteiger partial charge in [-0.3, -0.25) is 14.9 Å². The van der Waals surface area contributed by atoms with Crippen LogP contribution in [0, 0.1) is 21.7 Å². The number of nitrogens with zero attached hydrogens (tertiary/aromatic N) is 1. The Kier molecular flexibility index (Phi) is 5.73. The molecule has 94 valence electrons. The van der Waals surface area contributed by atoms with Crippen LogP contribution in [-0.2, 0) is 4.79 Å². The van der Waals surface area contributed by atoms with Gasteiger partial charge < -0.3 is 5.32 Å². The maximum Gasteiger partial charge on any atom is 0.307 e. The van der Waals surface area contributed by atoms with Crippen molar-refractivity contribution in [3.8, 4) is 0 Å². The largest absolute Gasteiger partial charge is 0.324 e. The summed E-state index contributed by atoms with van der Waals surface area (Å²) in [6.45, 7) is 5.11. The van der Waals surface area contributed by atoms with Gasteiger partial charge in [-0.25, -0.2) is 4.39 Å². The fourth-order valence-electron chi connectivity index (χ4n) is 0.962. The minimum absolute atomic E-state index is 0.417. The molecule has 0 bridgehead atoms. The maximum atomic E-state index is 13.1. The van der Waals surface area contributed by atoms with Gasteiger partial charge in [-0.05, 0) is 0 Å². The van der Waals surface area contributed by atoms with Crippen LogP contribution in [0.25, 0.3) is 0 Å². The van der Waals surface area contributed by atoms with E-state index in [9.17, 15) is 23.7 Å². The second kappa shape index (κ2) is 6.51. The highest BCUT2D eigenvalue weighted by atomic mass is 19.1. The maximum absolute atomic E-state index is 13.1. The van der Waals surface area contributed by atoms with Crippen molar-refractivity contribution in [1.82, 2.24) is 0 Å². The quantitative estimate of drug-likeness (QED) is 0.644. The summed E-state index contributed by atoms with van der Waals surface area (Å²) in [4.78, 5) is 19.7. The van der Waals surface area contributed by atoms with E-state index < -0.39 is 33.8 Å². The van der Waals surface area contributed by atoms with Gasteiger partial charge >= 0.3 is 5.69 Å². The highest BCUT2D eigenvalue weighted by Gasteiger charge is 2.18. The predicted molar refractivity (Wildman–Crippen MR) is 58.7 cm³/mol. The molecule has 0 fully saturated rings. The SMILES string of the molecule is CC.CC(=O)Nc1cc(F)c([N+](=O)[O-])cc1F. The van der Waals surface area contributed by atoms with Gasteiger partial charge in [0.1, 0.15) is 0 Å². The lowest BCUT2D eigenvalue weighted by Crippen LogP contribution is -2.08. The molecule has 1 aromatic rings. The van der Waals surface area contributed by atoms with E-state index in [-0.39, 0.29) is 0 Å². The van der Waals surface area contributed by atoms with Crippen LogP contribution in [0.2, 0.25) is 0 Å². The topological polar surface area (TPSA) is 72.2 Å². The number of nitro groups is 1. The van der Waals surface area contributed by atoms with E-state index in [0.29, 0.717) is 12.1 Å². The predicted octanol–water partition coefficient (Wildman–Crippen LogP) is 2.86. The van der Waals surface area contributed by atoms with Crippen LogP contribution >= 0.6 is 0 Å². The number of amides is 1. The number of hydrogen-bond acceptors (Lipinski definition) is 3. The van der Waals surface area contributed by atoms with Gasteiger partial charge in [-0.15, -0.1) is 0 Å². The molecular formula is C10H12F2N2O3. The molecule has 1 N–H and O–H groups in total. The van der Waals surface area contributed by atoms with Gasteiger partial charge in [-0.2, -0.15) is 4.39 Å². The van der Waals surface area contributed by atoms with Crippen molar-refractivity contribution in [1.29, 1.82) is 0 Å². The van der Waals surface area contributed by atoms with Crippen LogP contribution in [-0.4, -0.2) is 10.8 Å². The third-order valence-electron chi connectivity index (χ3n) is 1.54. The average molecular weight is 246 g/mol. The van der Waals surface area contributed by atoms with Gasteiger partial charge in [0.05, 0.1) is 16.7 Å². The van der Waals surface area contributed by atoms with E-state index in [1.807, 2.05) is 19.2 Å². The van der Waals surface area contributed by atoms with E-state index >= 15 is 0 Å². The molecule has 1 amide bonds. The number of halogens is 2. The molecule has 0 aliphatic carbocycles. The Morgan fingerprint density at radius 1 is 1.29 bits per heavy atom. The molecule has 0 aromatic heterocycles. The third-order valence-corrected chi connectivity index (χ3v) is 1.54. The van der Waals surface area contributed by atoms with E-state index in [0.717, 1.165) is 6.92 Å². The second-order valence-corrected chi connectivity index (χ2v) is 2.72. The van der Waals surface area contributed by atoms with Gasteiger partial charge in [-0.1, -0.05) is 13.8 Å². The van der Waals surface area contributed by atoms with Crippen LogP contribution in [0.1, 0.15) is 20.8 Å². The molecule has 0 radical (unpaired) electrons. The lowest BCUT2D eigenvalue weighted by Gasteiger charge is -2.03. The zero-order valence-corrected chi connectivity index (χ0v) is 9.58. The third kappa shape index (κ3) is 4.13. The van der Waals surface area contributed by atoms with Crippen LogP contribution in [0.5, 0.6) is 0 Å². The Balaban J connectivity index is 0.00000121. The molecule has 0 aliphatic rings. The summed E-state index contributed by atoms with van der Waals surface area (Å²) < 4.78 is 26.0. The van der Waals surface area contributed by atoms with Crippen LogP contribution in [0.15, 0.2) is 12.1 Å².